The molecule has 2 unspecified atom stereocenters. The van der Waals surface area contributed by atoms with Gasteiger partial charge in [0.05, 0.1) is 12.7 Å². The summed E-state index contributed by atoms with van der Waals surface area (Å²) in [5, 5.41) is 0. The molecular formula is C10H18O3. The molecule has 1 heterocycles. The van der Waals surface area contributed by atoms with Crippen LogP contribution in [0.1, 0.15) is 39.5 Å². The lowest BCUT2D eigenvalue weighted by molar-refractivity contribution is -0.145. The highest BCUT2D eigenvalue weighted by molar-refractivity contribution is 5.77. The van der Waals surface area contributed by atoms with Gasteiger partial charge in [0.15, 0.2) is 6.10 Å². The van der Waals surface area contributed by atoms with Gasteiger partial charge in [-0.25, -0.2) is 4.79 Å². The molecule has 3 heteroatoms. The number of carbonyl (C=O) groups excluding carboxylic acids is 1. The van der Waals surface area contributed by atoms with Gasteiger partial charge in [-0.15, -0.1) is 0 Å². The minimum atomic E-state index is -0.272. The average Bonchev–Trinajstić information content (AvgIpc) is 2.82. The lowest BCUT2D eigenvalue weighted by Crippen LogP contribution is -2.13. The van der Waals surface area contributed by atoms with Crippen LogP contribution < -0.4 is 0 Å². The van der Waals surface area contributed by atoms with E-state index in [0.717, 1.165) is 12.8 Å². The van der Waals surface area contributed by atoms with E-state index in [1.165, 1.54) is 12.8 Å². The predicted molar refractivity (Wildman–Crippen MR) is 49.4 cm³/mol. The number of rotatable bonds is 6. The highest BCUT2D eigenvalue weighted by Gasteiger charge is 2.42. The third-order valence-electron chi connectivity index (χ3n) is 2.19. The second-order valence-corrected chi connectivity index (χ2v) is 3.49. The first-order chi connectivity index (χ1) is 6.25. The van der Waals surface area contributed by atoms with Crippen molar-refractivity contribution in [1.29, 1.82) is 0 Å². The number of unbranched alkanes of at least 4 members (excludes halogenated alkanes) is 3. The topological polar surface area (TPSA) is 38.8 Å². The van der Waals surface area contributed by atoms with Gasteiger partial charge in [0.25, 0.3) is 0 Å². The Bertz CT molecular complexity index is 168. The van der Waals surface area contributed by atoms with Gasteiger partial charge in [-0.1, -0.05) is 26.2 Å². The molecule has 0 spiro atoms. The van der Waals surface area contributed by atoms with Gasteiger partial charge >= 0.3 is 5.97 Å². The second-order valence-electron chi connectivity index (χ2n) is 3.49. The van der Waals surface area contributed by atoms with Crippen molar-refractivity contribution in [3.63, 3.8) is 0 Å². The smallest absolute Gasteiger partial charge is 0.337 e. The van der Waals surface area contributed by atoms with Crippen LogP contribution in [0.2, 0.25) is 0 Å². The average molecular weight is 186 g/mol. The lowest BCUT2D eigenvalue weighted by Gasteiger charge is -2.01. The number of carbonyl (C=O) groups is 1. The molecule has 1 saturated heterocycles. The Hall–Kier alpha value is -0.570. The number of ether oxygens (including phenoxy) is 2. The number of epoxide rings is 1. The molecule has 0 saturated carbocycles. The fraction of sp³-hybridized carbons (Fsp3) is 0.900. The Morgan fingerprint density at radius 1 is 1.38 bits per heavy atom. The van der Waals surface area contributed by atoms with Crippen LogP contribution in [0.5, 0.6) is 0 Å². The van der Waals surface area contributed by atoms with E-state index in [4.69, 9.17) is 9.47 Å². The Labute approximate surface area is 79.4 Å². The van der Waals surface area contributed by atoms with Crippen molar-refractivity contribution in [1.82, 2.24) is 0 Å². The molecule has 13 heavy (non-hydrogen) atoms. The van der Waals surface area contributed by atoms with Crippen LogP contribution in [0.3, 0.4) is 0 Å². The largest absolute Gasteiger partial charge is 0.464 e. The number of esters is 1. The zero-order chi connectivity index (χ0) is 9.68. The quantitative estimate of drug-likeness (QED) is 0.361. The maximum absolute atomic E-state index is 11.1. The van der Waals surface area contributed by atoms with Crippen LogP contribution in [0.4, 0.5) is 0 Å². The van der Waals surface area contributed by atoms with Gasteiger partial charge < -0.3 is 9.47 Å². The molecule has 1 aliphatic heterocycles. The van der Waals surface area contributed by atoms with Crippen molar-refractivity contribution in [3.05, 3.63) is 0 Å². The molecule has 3 nitrogen and oxygen atoms in total. The minimum Gasteiger partial charge on any atom is -0.464 e. The van der Waals surface area contributed by atoms with Crippen LogP contribution in [-0.4, -0.2) is 24.8 Å². The minimum absolute atomic E-state index is 0.0724. The molecule has 1 aliphatic rings. The van der Waals surface area contributed by atoms with Crippen LogP contribution in [-0.2, 0) is 14.3 Å². The van der Waals surface area contributed by atoms with E-state index in [2.05, 4.69) is 6.92 Å². The maximum atomic E-state index is 11.1. The van der Waals surface area contributed by atoms with Gasteiger partial charge in [0.2, 0.25) is 0 Å². The molecule has 0 aromatic carbocycles. The summed E-state index contributed by atoms with van der Waals surface area (Å²) < 4.78 is 10.0. The van der Waals surface area contributed by atoms with Crippen LogP contribution in [0, 0.1) is 0 Å². The van der Waals surface area contributed by atoms with Crippen molar-refractivity contribution in [2.45, 2.75) is 51.7 Å². The molecule has 0 aromatic heterocycles. The van der Waals surface area contributed by atoms with Crippen molar-refractivity contribution in [2.75, 3.05) is 6.61 Å². The zero-order valence-corrected chi connectivity index (χ0v) is 8.41. The summed E-state index contributed by atoms with van der Waals surface area (Å²) in [6.07, 6.45) is 4.34. The molecule has 0 radical (unpaired) electrons. The van der Waals surface area contributed by atoms with E-state index in [1.807, 2.05) is 6.92 Å². The normalized spacial score (nSPS) is 25.7. The van der Waals surface area contributed by atoms with Gasteiger partial charge in [-0.05, 0) is 13.3 Å². The number of hydrogen-bond acceptors (Lipinski definition) is 3. The van der Waals surface area contributed by atoms with Crippen molar-refractivity contribution < 1.29 is 14.3 Å². The molecule has 1 rings (SSSR count). The van der Waals surface area contributed by atoms with Crippen molar-refractivity contribution >= 4 is 5.97 Å². The summed E-state index contributed by atoms with van der Waals surface area (Å²) in [5.74, 6) is -0.191. The van der Waals surface area contributed by atoms with Gasteiger partial charge in [0.1, 0.15) is 0 Å². The van der Waals surface area contributed by atoms with E-state index in [1.54, 1.807) is 0 Å². The fourth-order valence-electron chi connectivity index (χ4n) is 1.22. The van der Waals surface area contributed by atoms with Gasteiger partial charge in [-0.3, -0.25) is 0 Å². The Kier molecular flexibility index (Phi) is 4.22. The van der Waals surface area contributed by atoms with Crippen LogP contribution in [0.15, 0.2) is 0 Å². The van der Waals surface area contributed by atoms with E-state index < -0.39 is 0 Å². The van der Waals surface area contributed by atoms with E-state index in [9.17, 15) is 4.79 Å². The standard InChI is InChI=1S/C10H18O3/c1-3-4-5-6-7-12-10(11)9-8(2)13-9/h8-9H,3-7H2,1-2H3. The Morgan fingerprint density at radius 3 is 2.62 bits per heavy atom. The van der Waals surface area contributed by atoms with E-state index >= 15 is 0 Å². The Balaban J connectivity index is 1.91. The molecule has 0 amide bonds. The summed E-state index contributed by atoms with van der Waals surface area (Å²) in [7, 11) is 0. The van der Waals surface area contributed by atoms with E-state index in [-0.39, 0.29) is 18.2 Å². The van der Waals surface area contributed by atoms with Gasteiger partial charge in [-0.2, -0.15) is 0 Å². The summed E-state index contributed by atoms with van der Waals surface area (Å²) in [4.78, 5) is 11.1. The highest BCUT2D eigenvalue weighted by Crippen LogP contribution is 2.22. The first kappa shape index (κ1) is 10.5. The summed E-state index contributed by atoms with van der Waals surface area (Å²) >= 11 is 0. The molecule has 0 aliphatic carbocycles. The van der Waals surface area contributed by atoms with Crippen LogP contribution in [0.25, 0.3) is 0 Å². The summed E-state index contributed by atoms with van der Waals surface area (Å²) in [5.41, 5.74) is 0. The second kappa shape index (κ2) is 5.22. The molecule has 0 bridgehead atoms. The SMILES string of the molecule is CCCCCCOC(=O)C1OC1C. The summed E-state index contributed by atoms with van der Waals surface area (Å²) in [6.45, 7) is 4.58. The maximum Gasteiger partial charge on any atom is 0.337 e. The first-order valence-corrected chi connectivity index (χ1v) is 5.07. The lowest BCUT2D eigenvalue weighted by atomic mass is 10.2. The number of hydrogen-bond donors (Lipinski definition) is 0. The molecule has 76 valence electrons. The van der Waals surface area contributed by atoms with E-state index in [0.29, 0.717) is 6.61 Å². The molecule has 0 aromatic rings. The Morgan fingerprint density at radius 2 is 2.08 bits per heavy atom. The highest BCUT2D eigenvalue weighted by atomic mass is 16.6. The fourth-order valence-corrected chi connectivity index (χ4v) is 1.22. The first-order valence-electron chi connectivity index (χ1n) is 5.07. The zero-order valence-electron chi connectivity index (χ0n) is 8.41. The van der Waals surface area contributed by atoms with Crippen LogP contribution >= 0.6 is 0 Å². The molecule has 2 atom stereocenters. The predicted octanol–water partition coefficient (Wildman–Crippen LogP) is 1.90. The van der Waals surface area contributed by atoms with Gasteiger partial charge in [0, 0.05) is 0 Å². The monoisotopic (exact) mass is 186 g/mol. The summed E-state index contributed by atoms with van der Waals surface area (Å²) in [6, 6.07) is 0. The van der Waals surface area contributed by atoms with Crippen molar-refractivity contribution in [3.8, 4) is 0 Å². The third kappa shape index (κ3) is 3.77. The molecule has 1 fully saturated rings. The molecular weight excluding hydrogens is 168 g/mol. The van der Waals surface area contributed by atoms with Crippen molar-refractivity contribution in [2.24, 2.45) is 0 Å². The third-order valence-corrected chi connectivity index (χ3v) is 2.19. The molecule has 0 N–H and O–H groups in total.